The van der Waals surface area contributed by atoms with Crippen LogP contribution < -0.4 is 9.47 Å². The smallest absolute Gasteiger partial charge is 0.308 e. The molecule has 1 saturated heterocycles. The zero-order valence-electron chi connectivity index (χ0n) is 14.2. The Balaban J connectivity index is 1.62. The standard InChI is InChI=1S/C19H18N2O5/c1-11-4-5-20-7-13(11)18(22)21-8-14(15(9-21)19(23)24)12-2-3-16-17(6-12)26-10-25-16/h2-7,14-15H,8-10H2,1H3,(H,23,24)/t14-,15+/m1/s1. The number of benzene rings is 1. The Morgan fingerprint density at radius 1 is 1.19 bits per heavy atom. The summed E-state index contributed by atoms with van der Waals surface area (Å²) in [5.74, 6) is -0.813. The maximum atomic E-state index is 12.8. The first-order valence-electron chi connectivity index (χ1n) is 8.37. The number of hydrogen-bond acceptors (Lipinski definition) is 5. The Morgan fingerprint density at radius 3 is 2.77 bits per heavy atom. The lowest BCUT2D eigenvalue weighted by atomic mass is 9.89. The van der Waals surface area contributed by atoms with Crippen LogP contribution in [0.25, 0.3) is 0 Å². The van der Waals surface area contributed by atoms with Crippen molar-refractivity contribution in [1.82, 2.24) is 9.88 Å². The van der Waals surface area contributed by atoms with Gasteiger partial charge in [0.15, 0.2) is 11.5 Å². The van der Waals surface area contributed by atoms with Gasteiger partial charge >= 0.3 is 5.97 Å². The monoisotopic (exact) mass is 354 g/mol. The number of aryl methyl sites for hydroxylation is 1. The predicted molar refractivity (Wildman–Crippen MR) is 91.3 cm³/mol. The fourth-order valence-corrected chi connectivity index (χ4v) is 3.56. The highest BCUT2D eigenvalue weighted by Crippen LogP contribution is 2.39. The van der Waals surface area contributed by atoms with Crippen molar-refractivity contribution in [1.29, 1.82) is 0 Å². The average Bonchev–Trinajstić information content (AvgIpc) is 3.28. The lowest BCUT2D eigenvalue weighted by molar-refractivity contribution is -0.141. The number of carboxylic acids is 1. The Labute approximate surface area is 150 Å². The number of likely N-dealkylation sites (tertiary alicyclic amines) is 1. The third kappa shape index (κ3) is 2.75. The number of aromatic nitrogens is 1. The van der Waals surface area contributed by atoms with Crippen LogP contribution in [-0.2, 0) is 4.79 Å². The van der Waals surface area contributed by atoms with E-state index < -0.39 is 11.9 Å². The zero-order chi connectivity index (χ0) is 18.3. The number of ether oxygens (including phenoxy) is 2. The highest BCUT2D eigenvalue weighted by Gasteiger charge is 2.41. The second-order valence-corrected chi connectivity index (χ2v) is 6.56. The Kier molecular flexibility index (Phi) is 3.99. The largest absolute Gasteiger partial charge is 0.481 e. The Morgan fingerprint density at radius 2 is 2.00 bits per heavy atom. The zero-order valence-corrected chi connectivity index (χ0v) is 14.2. The number of carboxylic acid groups (broad SMARTS) is 1. The molecule has 7 heteroatoms. The van der Waals surface area contributed by atoms with Crippen LogP contribution >= 0.6 is 0 Å². The maximum absolute atomic E-state index is 12.8. The number of hydrogen-bond donors (Lipinski definition) is 1. The van der Waals surface area contributed by atoms with E-state index in [-0.39, 0.29) is 25.2 Å². The summed E-state index contributed by atoms with van der Waals surface area (Å²) in [6.07, 6.45) is 3.16. The molecule has 1 fully saturated rings. The van der Waals surface area contributed by atoms with Crippen LogP contribution in [0, 0.1) is 12.8 Å². The third-order valence-electron chi connectivity index (χ3n) is 5.02. The summed E-state index contributed by atoms with van der Waals surface area (Å²) in [5.41, 5.74) is 2.16. The number of carbonyl (C=O) groups is 2. The van der Waals surface area contributed by atoms with E-state index in [4.69, 9.17) is 9.47 Å². The molecule has 4 rings (SSSR count). The third-order valence-corrected chi connectivity index (χ3v) is 5.02. The molecule has 7 nitrogen and oxygen atoms in total. The highest BCUT2D eigenvalue weighted by molar-refractivity contribution is 5.96. The van der Waals surface area contributed by atoms with Gasteiger partial charge in [0.25, 0.3) is 5.91 Å². The summed E-state index contributed by atoms with van der Waals surface area (Å²) >= 11 is 0. The molecule has 2 aliphatic rings. The molecule has 3 heterocycles. The molecule has 1 aromatic heterocycles. The molecular weight excluding hydrogens is 336 g/mol. The summed E-state index contributed by atoms with van der Waals surface area (Å²) in [7, 11) is 0. The molecular formula is C19H18N2O5. The number of fused-ring (bicyclic) bond motifs is 1. The second kappa shape index (κ2) is 6.33. The van der Waals surface area contributed by atoms with E-state index in [1.54, 1.807) is 23.2 Å². The first kappa shape index (κ1) is 16.4. The fraction of sp³-hybridized carbons (Fsp3) is 0.316. The number of aliphatic carboxylic acids is 1. The minimum absolute atomic E-state index is 0.163. The van der Waals surface area contributed by atoms with E-state index in [1.807, 2.05) is 19.1 Å². The molecule has 1 amide bonds. The van der Waals surface area contributed by atoms with Gasteiger partial charge in [0.2, 0.25) is 6.79 Å². The van der Waals surface area contributed by atoms with E-state index in [2.05, 4.69) is 4.98 Å². The quantitative estimate of drug-likeness (QED) is 0.908. The summed E-state index contributed by atoms with van der Waals surface area (Å²) in [4.78, 5) is 30.2. The number of pyridine rings is 1. The van der Waals surface area contributed by atoms with Crippen LogP contribution in [0.5, 0.6) is 11.5 Å². The lowest BCUT2D eigenvalue weighted by Crippen LogP contribution is -2.30. The van der Waals surface area contributed by atoms with Crippen molar-refractivity contribution >= 4 is 11.9 Å². The van der Waals surface area contributed by atoms with Crippen LogP contribution in [0.15, 0.2) is 36.7 Å². The molecule has 26 heavy (non-hydrogen) atoms. The van der Waals surface area contributed by atoms with Gasteiger partial charge in [-0.1, -0.05) is 6.07 Å². The molecule has 0 unspecified atom stereocenters. The Bertz CT molecular complexity index is 882. The second-order valence-electron chi connectivity index (χ2n) is 6.56. The molecule has 0 aliphatic carbocycles. The first-order valence-corrected chi connectivity index (χ1v) is 8.37. The SMILES string of the molecule is Cc1ccncc1C(=O)N1C[C@H](C(=O)O)[C@@H](c2ccc3c(c2)OCO3)C1. The number of rotatable bonds is 3. The van der Waals surface area contributed by atoms with Crippen molar-refractivity contribution in [2.75, 3.05) is 19.9 Å². The molecule has 0 saturated carbocycles. The van der Waals surface area contributed by atoms with Crippen LogP contribution in [0.3, 0.4) is 0 Å². The van der Waals surface area contributed by atoms with Gasteiger partial charge in [-0.2, -0.15) is 0 Å². The molecule has 2 aliphatic heterocycles. The van der Waals surface area contributed by atoms with Gasteiger partial charge in [-0.25, -0.2) is 0 Å². The van der Waals surface area contributed by atoms with Crippen LogP contribution in [-0.4, -0.2) is 46.7 Å². The summed E-state index contributed by atoms with van der Waals surface area (Å²) in [6.45, 7) is 2.51. The summed E-state index contributed by atoms with van der Waals surface area (Å²) in [5, 5.41) is 9.66. The fourth-order valence-electron chi connectivity index (χ4n) is 3.56. The minimum atomic E-state index is -0.911. The summed E-state index contributed by atoms with van der Waals surface area (Å²) < 4.78 is 10.7. The van der Waals surface area contributed by atoms with E-state index in [1.165, 1.54) is 6.20 Å². The number of carbonyl (C=O) groups excluding carboxylic acids is 1. The molecule has 0 radical (unpaired) electrons. The van der Waals surface area contributed by atoms with Gasteiger partial charge in [-0.3, -0.25) is 14.6 Å². The van der Waals surface area contributed by atoms with Crippen LogP contribution in [0.2, 0.25) is 0 Å². The average molecular weight is 354 g/mol. The number of amides is 1. The van der Waals surface area contributed by atoms with Crippen molar-refractivity contribution in [2.45, 2.75) is 12.8 Å². The van der Waals surface area contributed by atoms with E-state index in [0.717, 1.165) is 11.1 Å². The highest BCUT2D eigenvalue weighted by atomic mass is 16.7. The number of nitrogens with zero attached hydrogens (tertiary/aromatic N) is 2. The van der Waals surface area contributed by atoms with E-state index in [0.29, 0.717) is 23.6 Å². The van der Waals surface area contributed by atoms with Crippen molar-refractivity contribution in [3.63, 3.8) is 0 Å². The van der Waals surface area contributed by atoms with Crippen molar-refractivity contribution in [3.8, 4) is 11.5 Å². The van der Waals surface area contributed by atoms with Crippen LogP contribution in [0.4, 0.5) is 0 Å². The Hall–Kier alpha value is -3.09. The summed E-state index contributed by atoms with van der Waals surface area (Å²) in [6, 6.07) is 7.21. The molecule has 0 spiro atoms. The maximum Gasteiger partial charge on any atom is 0.308 e. The lowest BCUT2D eigenvalue weighted by Gasteiger charge is -2.17. The van der Waals surface area contributed by atoms with Gasteiger partial charge < -0.3 is 19.5 Å². The molecule has 2 atom stereocenters. The molecule has 1 N–H and O–H groups in total. The van der Waals surface area contributed by atoms with Crippen molar-refractivity contribution in [3.05, 3.63) is 53.3 Å². The van der Waals surface area contributed by atoms with Crippen LogP contribution in [0.1, 0.15) is 27.4 Å². The van der Waals surface area contributed by atoms with Gasteiger partial charge in [0.05, 0.1) is 11.5 Å². The van der Waals surface area contributed by atoms with E-state index >= 15 is 0 Å². The van der Waals surface area contributed by atoms with Gasteiger partial charge in [0, 0.05) is 31.4 Å². The van der Waals surface area contributed by atoms with Gasteiger partial charge in [-0.05, 0) is 36.2 Å². The molecule has 2 aromatic rings. The van der Waals surface area contributed by atoms with E-state index in [9.17, 15) is 14.7 Å². The van der Waals surface area contributed by atoms with Crippen molar-refractivity contribution < 1.29 is 24.2 Å². The van der Waals surface area contributed by atoms with Gasteiger partial charge in [-0.15, -0.1) is 0 Å². The molecule has 134 valence electrons. The first-order chi connectivity index (χ1) is 12.5. The predicted octanol–water partition coefficient (Wildman–Crippen LogP) is 2.06. The normalized spacial score (nSPS) is 21.0. The minimum Gasteiger partial charge on any atom is -0.481 e. The molecule has 1 aromatic carbocycles. The van der Waals surface area contributed by atoms with Gasteiger partial charge in [0.1, 0.15) is 0 Å². The topological polar surface area (TPSA) is 89.0 Å². The molecule has 0 bridgehead atoms. The van der Waals surface area contributed by atoms with Crippen molar-refractivity contribution in [2.24, 2.45) is 5.92 Å².